The van der Waals surface area contributed by atoms with Gasteiger partial charge in [0, 0.05) is 48.2 Å². The van der Waals surface area contributed by atoms with Crippen LogP contribution in [0.4, 0.5) is 0 Å². The van der Waals surface area contributed by atoms with Gasteiger partial charge in [0.2, 0.25) is 0 Å². The Bertz CT molecular complexity index is 3220. The van der Waals surface area contributed by atoms with E-state index in [2.05, 4.69) is 187 Å². The van der Waals surface area contributed by atoms with Gasteiger partial charge in [0.05, 0.1) is 36.2 Å². The van der Waals surface area contributed by atoms with E-state index in [4.69, 9.17) is 9.40 Å². The van der Waals surface area contributed by atoms with Crippen LogP contribution < -0.4 is 5.19 Å². The maximum absolute atomic E-state index is 6.56. The Kier molecular flexibility index (Phi) is 10.9. The van der Waals surface area contributed by atoms with E-state index >= 15 is 0 Å². The Morgan fingerprint density at radius 1 is 0.557 bits per heavy atom. The molecule has 0 bridgehead atoms. The summed E-state index contributed by atoms with van der Waals surface area (Å²) in [7, 11) is -1.23. The van der Waals surface area contributed by atoms with E-state index < -0.39 is 8.07 Å². The van der Waals surface area contributed by atoms with Crippen molar-refractivity contribution in [1.82, 2.24) is 14.5 Å². The summed E-state index contributed by atoms with van der Waals surface area (Å²) < 4.78 is 8.88. The number of benzene rings is 8. The molecule has 11 rings (SSSR count). The van der Waals surface area contributed by atoms with E-state index in [1.54, 1.807) is 0 Å². The molecule has 3 heterocycles. The third kappa shape index (κ3) is 7.55. The van der Waals surface area contributed by atoms with Crippen LogP contribution in [0.25, 0.3) is 94.3 Å². The number of pyridine rings is 1. The molecule has 0 fully saturated rings. The van der Waals surface area contributed by atoms with E-state index in [9.17, 15) is 0 Å². The van der Waals surface area contributed by atoms with Gasteiger partial charge in [0.15, 0.2) is 0 Å². The Hall–Kier alpha value is -6.69. The van der Waals surface area contributed by atoms with Crippen molar-refractivity contribution in [2.75, 3.05) is 0 Å². The van der Waals surface area contributed by atoms with Gasteiger partial charge in [-0.3, -0.25) is 4.98 Å². The van der Waals surface area contributed by atoms with Gasteiger partial charge in [-0.2, -0.15) is 0 Å². The predicted octanol–water partition coefficient (Wildman–Crippen LogP) is 14.0. The van der Waals surface area contributed by atoms with E-state index in [-0.39, 0.29) is 20.1 Å². The second kappa shape index (κ2) is 16.8. The molecule has 0 saturated carbocycles. The number of hydrogen-bond acceptors (Lipinski definition) is 3. The molecule has 0 saturated heterocycles. The number of imidazole rings is 1. The summed E-state index contributed by atoms with van der Waals surface area (Å²) in [5.74, 6) is 0.793. The molecule has 0 unspecified atom stereocenters. The van der Waals surface area contributed by atoms with Crippen LogP contribution in [0.3, 0.4) is 0 Å². The maximum Gasteiger partial charge on any atom is 0.120 e. The summed E-state index contributed by atoms with van der Waals surface area (Å²) in [5.41, 5.74) is 12.1. The molecule has 1 radical (unpaired) electrons. The number of rotatable bonds is 6. The maximum atomic E-state index is 6.56. The zero-order chi connectivity index (χ0) is 40.6. The fraction of sp³-hybridized carbons (Fsp3) is 0.0545. The van der Waals surface area contributed by atoms with Gasteiger partial charge in [-0.25, -0.2) is 0 Å². The van der Waals surface area contributed by atoms with Gasteiger partial charge in [-0.15, -0.1) is 54.1 Å². The summed E-state index contributed by atoms with van der Waals surface area (Å²) in [4.78, 5) is 9.97. The number of furan rings is 1. The molecule has 0 aliphatic carbocycles. The summed E-state index contributed by atoms with van der Waals surface area (Å²) in [6.07, 6.45) is 2.02. The number of para-hydroxylation sites is 2. The molecular weight excluding hydrogens is 939 g/mol. The van der Waals surface area contributed by atoms with Crippen LogP contribution in [0.1, 0.15) is 0 Å². The molecule has 3 aromatic heterocycles. The van der Waals surface area contributed by atoms with Gasteiger partial charge >= 0.3 is 0 Å². The Morgan fingerprint density at radius 3 is 1.90 bits per heavy atom. The van der Waals surface area contributed by atoms with Crippen molar-refractivity contribution < 1.29 is 24.5 Å². The second-order valence-electron chi connectivity index (χ2n) is 16.0. The first-order valence-corrected chi connectivity index (χ1v) is 23.8. The fourth-order valence-electron chi connectivity index (χ4n) is 8.10. The van der Waals surface area contributed by atoms with Crippen LogP contribution in [0.5, 0.6) is 0 Å². The first kappa shape index (κ1) is 39.8. The number of hydrogen-bond donors (Lipinski definition) is 0. The third-order valence-corrected chi connectivity index (χ3v) is 13.2. The van der Waals surface area contributed by atoms with Crippen LogP contribution in [-0.4, -0.2) is 22.6 Å². The molecule has 0 aliphatic heterocycles. The van der Waals surface area contributed by atoms with E-state index in [1.807, 2.05) is 48.7 Å². The molecule has 0 aliphatic rings. The van der Waals surface area contributed by atoms with Crippen LogP contribution in [0.2, 0.25) is 19.6 Å². The van der Waals surface area contributed by atoms with Crippen molar-refractivity contribution in [3.8, 4) is 50.6 Å². The first-order chi connectivity index (χ1) is 29.4. The van der Waals surface area contributed by atoms with E-state index in [0.29, 0.717) is 0 Å². The van der Waals surface area contributed by atoms with Crippen molar-refractivity contribution in [3.05, 3.63) is 206 Å². The summed E-state index contributed by atoms with van der Waals surface area (Å²) >= 11 is 0. The number of nitrogens with zero attached hydrogens (tertiary/aromatic N) is 3. The van der Waals surface area contributed by atoms with Gasteiger partial charge in [-0.1, -0.05) is 170 Å². The Labute approximate surface area is 370 Å². The van der Waals surface area contributed by atoms with Crippen molar-refractivity contribution in [3.63, 3.8) is 0 Å². The summed E-state index contributed by atoms with van der Waals surface area (Å²) in [6, 6.07) is 71.9. The SMILES string of the molecule is C[Si](C)(C)c1ccc(-c2[c-]cccc2)nc1.[Ir].[c-]1ccc2c(oc3ccccc32)c1-c1nc2c3ccccc3ccc2n1-c1c(-c2ccccc2)cccc1-c1ccccc1. The van der Waals surface area contributed by atoms with Crippen LogP contribution in [0.15, 0.2) is 199 Å². The second-order valence-corrected chi connectivity index (χ2v) is 21.1. The largest absolute Gasteiger partial charge is 0.501 e. The smallest absolute Gasteiger partial charge is 0.120 e. The topological polar surface area (TPSA) is 43.9 Å². The Balaban J connectivity index is 0.000000237. The molecule has 6 heteroatoms. The van der Waals surface area contributed by atoms with Crippen LogP contribution in [0, 0.1) is 12.1 Å². The van der Waals surface area contributed by atoms with Gasteiger partial charge in [-0.05, 0) is 39.5 Å². The van der Waals surface area contributed by atoms with Gasteiger partial charge < -0.3 is 14.0 Å². The van der Waals surface area contributed by atoms with Gasteiger partial charge in [0.1, 0.15) is 5.58 Å². The van der Waals surface area contributed by atoms with Crippen LogP contribution in [-0.2, 0) is 20.1 Å². The molecule has 0 amide bonds. The summed E-state index contributed by atoms with van der Waals surface area (Å²) in [6.45, 7) is 7.00. The van der Waals surface area contributed by atoms with Gasteiger partial charge in [0.25, 0.3) is 0 Å². The standard InChI is InChI=1S/C41H25N2O.C14H16NSi.Ir/c1-3-13-27(14-4-1)31-20-11-21-32(28-15-5-2-6-16-28)39(31)43-36-26-25-29-17-7-8-18-30(29)38(36)42-41(43)35-23-12-22-34-33-19-9-10-24-37(33)44-40(34)35;1-16(2,3)13-9-10-14(15-11-13)12-7-5-4-6-8-12;/h1-22,24-26H;4-7,9-11H,1-3H3;/q2*-1;. The minimum absolute atomic E-state index is 0. The molecule has 61 heavy (non-hydrogen) atoms. The molecule has 4 nitrogen and oxygen atoms in total. The predicted molar refractivity (Wildman–Crippen MR) is 252 cm³/mol. The average Bonchev–Trinajstić information content (AvgIpc) is 3.89. The Morgan fingerprint density at radius 2 is 1.23 bits per heavy atom. The van der Waals surface area contributed by atoms with E-state index in [1.165, 1.54) is 5.19 Å². The molecule has 11 aromatic rings. The molecule has 8 aromatic carbocycles. The quantitative estimate of drug-likeness (QED) is 0.123. The number of fused-ring (bicyclic) bond motifs is 6. The molecule has 0 atom stereocenters. The van der Waals surface area contributed by atoms with Crippen molar-refractivity contribution in [1.29, 1.82) is 0 Å². The molecular formula is C55H41IrN3OSi-2. The molecule has 0 N–H and O–H groups in total. The monoisotopic (exact) mass is 980 g/mol. The van der Waals surface area contributed by atoms with Crippen LogP contribution >= 0.6 is 0 Å². The van der Waals surface area contributed by atoms with Crippen molar-refractivity contribution in [2.45, 2.75) is 19.6 Å². The normalized spacial score (nSPS) is 11.4. The number of aromatic nitrogens is 3. The average molecular weight is 980 g/mol. The zero-order valence-corrected chi connectivity index (χ0v) is 37.5. The van der Waals surface area contributed by atoms with E-state index in [0.717, 1.165) is 94.3 Å². The first-order valence-electron chi connectivity index (χ1n) is 20.3. The fourth-order valence-corrected chi connectivity index (χ4v) is 9.13. The molecule has 0 spiro atoms. The van der Waals surface area contributed by atoms with Crippen molar-refractivity contribution in [2.24, 2.45) is 0 Å². The van der Waals surface area contributed by atoms with Crippen molar-refractivity contribution >= 4 is 57.0 Å². The minimum Gasteiger partial charge on any atom is -0.501 e. The molecule has 297 valence electrons. The third-order valence-electron chi connectivity index (χ3n) is 11.2. The zero-order valence-electron chi connectivity index (χ0n) is 34.1. The minimum atomic E-state index is -1.23. The summed E-state index contributed by atoms with van der Waals surface area (Å²) in [5, 5.41) is 5.80.